The second kappa shape index (κ2) is 14.7. The molecule has 4 N–H and O–H groups in total. The van der Waals surface area contributed by atoms with Crippen LogP contribution in [0.25, 0.3) is 22.5 Å². The van der Waals surface area contributed by atoms with Gasteiger partial charge in [0.2, 0.25) is 0 Å². The van der Waals surface area contributed by atoms with Gasteiger partial charge < -0.3 is 25.5 Å². The van der Waals surface area contributed by atoms with Gasteiger partial charge in [0.25, 0.3) is 0 Å². The number of hydrogen-bond acceptors (Lipinski definition) is 5. The Labute approximate surface area is 236 Å². The smallest absolute Gasteiger partial charge is 0.147 e. The quantitative estimate of drug-likeness (QED) is 0.151. The first-order valence-electron chi connectivity index (χ1n) is 12.9. The third kappa shape index (κ3) is 7.44. The highest BCUT2D eigenvalue weighted by atomic mass is 35.5. The summed E-state index contributed by atoms with van der Waals surface area (Å²) in [6.07, 6.45) is 4.07. The molecule has 0 atom stereocenters. The van der Waals surface area contributed by atoms with E-state index in [1.807, 2.05) is 48.5 Å². The van der Waals surface area contributed by atoms with Crippen LogP contribution in [0, 0.1) is 0 Å². The lowest BCUT2D eigenvalue weighted by molar-refractivity contribution is 0.292. The Balaban J connectivity index is 0.00000400. The Hall–Kier alpha value is -3.19. The summed E-state index contributed by atoms with van der Waals surface area (Å²) in [6, 6.07) is 24.2. The minimum absolute atomic E-state index is 0. The molecule has 0 spiro atoms. The number of pyridine rings is 1. The maximum atomic E-state index is 9.03. The summed E-state index contributed by atoms with van der Waals surface area (Å²) in [5.74, 6) is 1.32. The van der Waals surface area contributed by atoms with Crippen LogP contribution in [0.3, 0.4) is 0 Å². The van der Waals surface area contributed by atoms with Crippen molar-refractivity contribution in [1.29, 1.82) is 0 Å². The van der Waals surface area contributed by atoms with Gasteiger partial charge in [-0.1, -0.05) is 49.6 Å². The molecule has 0 radical (unpaired) electrons. The van der Waals surface area contributed by atoms with Crippen LogP contribution in [0.1, 0.15) is 38.3 Å². The number of rotatable bonds is 13. The lowest BCUT2D eigenvalue weighted by Crippen LogP contribution is -2.10. The molecule has 0 fully saturated rings. The zero-order chi connectivity index (χ0) is 26.0. The van der Waals surface area contributed by atoms with E-state index in [0.717, 1.165) is 52.7 Å². The fraction of sp³-hybridized carbons (Fsp3) is 0.300. The number of ether oxygens (including phenoxy) is 1. The van der Waals surface area contributed by atoms with E-state index in [2.05, 4.69) is 46.1 Å². The Bertz CT molecular complexity index is 1290. The Kier molecular flexibility index (Phi) is 11.3. The monoisotopic (exact) mass is 554 g/mol. The Morgan fingerprint density at radius 1 is 0.947 bits per heavy atom. The Morgan fingerprint density at radius 3 is 2.42 bits per heavy atom. The lowest BCUT2D eigenvalue weighted by Gasteiger charge is -2.16. The van der Waals surface area contributed by atoms with Crippen LogP contribution in [0.15, 0.2) is 72.8 Å². The summed E-state index contributed by atoms with van der Waals surface area (Å²) in [6.45, 7) is 4.22. The van der Waals surface area contributed by atoms with Crippen LogP contribution < -0.4 is 15.8 Å². The van der Waals surface area contributed by atoms with E-state index in [4.69, 9.17) is 27.2 Å². The predicted molar refractivity (Wildman–Crippen MR) is 161 cm³/mol. The molecule has 0 unspecified atom stereocenters. The molecule has 0 saturated carbocycles. The average molecular weight is 556 g/mol. The van der Waals surface area contributed by atoms with E-state index in [1.54, 1.807) is 0 Å². The van der Waals surface area contributed by atoms with Gasteiger partial charge in [-0.05, 0) is 73.0 Å². The number of benzene rings is 2. The van der Waals surface area contributed by atoms with Gasteiger partial charge in [0.1, 0.15) is 11.6 Å². The number of unbranched alkanes of at least 4 members (excludes halogenated alkanes) is 2. The lowest BCUT2D eigenvalue weighted by atomic mass is 10.1. The number of aromatic nitrogens is 2. The van der Waals surface area contributed by atoms with Gasteiger partial charge in [0.05, 0.1) is 30.2 Å². The van der Waals surface area contributed by atoms with Gasteiger partial charge in [-0.15, -0.1) is 12.4 Å². The van der Waals surface area contributed by atoms with Crippen LogP contribution in [-0.2, 0) is 6.54 Å². The van der Waals surface area contributed by atoms with Gasteiger partial charge in [-0.3, -0.25) is 0 Å². The van der Waals surface area contributed by atoms with E-state index >= 15 is 0 Å². The van der Waals surface area contributed by atoms with E-state index < -0.39 is 0 Å². The van der Waals surface area contributed by atoms with Crippen molar-refractivity contribution in [2.24, 2.45) is 0 Å². The van der Waals surface area contributed by atoms with Crippen molar-refractivity contribution in [3.8, 4) is 28.3 Å². The van der Waals surface area contributed by atoms with Crippen LogP contribution in [0.2, 0.25) is 5.02 Å². The molecule has 0 saturated heterocycles. The first-order valence-corrected chi connectivity index (χ1v) is 13.3. The van der Waals surface area contributed by atoms with Crippen LogP contribution in [0.4, 0.5) is 11.5 Å². The van der Waals surface area contributed by atoms with Crippen LogP contribution >= 0.6 is 24.0 Å². The topological polar surface area (TPSA) is 85.3 Å². The third-order valence-electron chi connectivity index (χ3n) is 6.25. The molecule has 2 aromatic carbocycles. The molecule has 2 aromatic heterocycles. The molecule has 0 aliphatic carbocycles. The van der Waals surface area contributed by atoms with Crippen molar-refractivity contribution >= 4 is 35.5 Å². The zero-order valence-electron chi connectivity index (χ0n) is 21.7. The molecule has 0 bridgehead atoms. The number of aliphatic hydroxyl groups is 1. The first-order chi connectivity index (χ1) is 18.1. The van der Waals surface area contributed by atoms with Crippen molar-refractivity contribution in [2.75, 3.05) is 30.8 Å². The Morgan fingerprint density at radius 2 is 1.71 bits per heavy atom. The molecule has 38 heavy (non-hydrogen) atoms. The normalized spacial score (nSPS) is 10.7. The summed E-state index contributed by atoms with van der Waals surface area (Å²) in [4.78, 5) is 4.66. The van der Waals surface area contributed by atoms with Gasteiger partial charge in [0, 0.05) is 29.4 Å². The molecule has 4 aromatic rings. The zero-order valence-corrected chi connectivity index (χ0v) is 23.3. The number of halogens is 2. The first kappa shape index (κ1) is 29.4. The molecular formula is C30H36Cl2N4O2. The summed E-state index contributed by atoms with van der Waals surface area (Å²) >= 11 is 6.60. The number of nitrogens with two attached hydrogens (primary N) is 1. The summed E-state index contributed by atoms with van der Waals surface area (Å²) in [7, 11) is 0. The molecule has 0 aliphatic heterocycles. The molecular weight excluding hydrogens is 519 g/mol. The minimum Gasteiger partial charge on any atom is -0.494 e. The van der Waals surface area contributed by atoms with E-state index in [9.17, 15) is 0 Å². The van der Waals surface area contributed by atoms with Crippen LogP contribution in [-0.4, -0.2) is 34.4 Å². The highest BCUT2D eigenvalue weighted by Gasteiger charge is 2.15. The van der Waals surface area contributed by atoms with Crippen molar-refractivity contribution in [2.45, 2.75) is 39.2 Å². The highest BCUT2D eigenvalue weighted by Crippen LogP contribution is 2.34. The van der Waals surface area contributed by atoms with E-state index in [1.165, 1.54) is 12.8 Å². The predicted octanol–water partition coefficient (Wildman–Crippen LogP) is 7.29. The van der Waals surface area contributed by atoms with Gasteiger partial charge in [-0.2, -0.15) is 0 Å². The van der Waals surface area contributed by atoms with Crippen molar-refractivity contribution < 1.29 is 9.84 Å². The molecule has 202 valence electrons. The molecule has 0 aliphatic rings. The van der Waals surface area contributed by atoms with Gasteiger partial charge in [0.15, 0.2) is 0 Å². The fourth-order valence-electron chi connectivity index (χ4n) is 4.28. The van der Waals surface area contributed by atoms with Crippen molar-refractivity contribution in [1.82, 2.24) is 9.55 Å². The SMILES string of the molecule is CCCCCOc1ccc(-c2ccc(-c3ccccc3Cl)n2Cc2ccc(NCCCO)c(N)n2)cc1.Cl. The molecule has 6 nitrogen and oxygen atoms in total. The summed E-state index contributed by atoms with van der Waals surface area (Å²) in [5.41, 5.74) is 12.0. The standard InChI is InChI=1S/C30H35ClN4O2.ClH/c1-2-3-6-20-37-24-13-10-22(11-14-24)28-16-17-29(25-8-4-5-9-26(25)31)35(28)21-23-12-15-27(30(32)34-23)33-18-7-19-36;/h4-5,8-17,33,36H,2-3,6-7,18-21H2,1H3,(H2,32,34);1H. The largest absolute Gasteiger partial charge is 0.494 e. The highest BCUT2D eigenvalue weighted by molar-refractivity contribution is 6.33. The maximum absolute atomic E-state index is 9.03. The van der Waals surface area contributed by atoms with Crippen LogP contribution in [0.5, 0.6) is 5.75 Å². The summed E-state index contributed by atoms with van der Waals surface area (Å²) < 4.78 is 8.13. The van der Waals surface area contributed by atoms with Gasteiger partial charge in [-0.25, -0.2) is 4.98 Å². The van der Waals surface area contributed by atoms with Gasteiger partial charge >= 0.3 is 0 Å². The average Bonchev–Trinajstić information content (AvgIpc) is 3.31. The molecule has 0 amide bonds. The maximum Gasteiger partial charge on any atom is 0.147 e. The van der Waals surface area contributed by atoms with E-state index in [-0.39, 0.29) is 19.0 Å². The van der Waals surface area contributed by atoms with Crippen molar-refractivity contribution in [3.63, 3.8) is 0 Å². The number of aliphatic hydroxyl groups excluding tert-OH is 1. The second-order valence-electron chi connectivity index (χ2n) is 8.99. The number of nitrogens with zero attached hydrogens (tertiary/aromatic N) is 2. The summed E-state index contributed by atoms with van der Waals surface area (Å²) in [5, 5.41) is 12.9. The van der Waals surface area contributed by atoms with Crippen molar-refractivity contribution in [3.05, 3.63) is 83.5 Å². The second-order valence-corrected chi connectivity index (χ2v) is 9.40. The fourth-order valence-corrected chi connectivity index (χ4v) is 4.51. The molecule has 4 rings (SSSR count). The minimum atomic E-state index is 0. The third-order valence-corrected chi connectivity index (χ3v) is 6.58. The molecule has 2 heterocycles. The number of anilines is 2. The number of hydrogen-bond donors (Lipinski definition) is 3. The number of nitrogens with one attached hydrogen (secondary N) is 1. The number of nitrogen functional groups attached to an aromatic ring is 1. The van der Waals surface area contributed by atoms with E-state index in [0.29, 0.717) is 30.4 Å². The molecule has 8 heteroatoms.